The molecule has 1 saturated heterocycles. The molecule has 0 aromatic heterocycles. The Morgan fingerprint density at radius 1 is 1.53 bits per heavy atom. The third kappa shape index (κ3) is 2.95. The van der Waals surface area contributed by atoms with Gasteiger partial charge in [0.1, 0.15) is 5.82 Å². The van der Waals surface area contributed by atoms with Crippen molar-refractivity contribution >= 4 is 11.6 Å². The predicted molar refractivity (Wildman–Crippen MR) is 74.6 cm³/mol. The van der Waals surface area contributed by atoms with Crippen LogP contribution in [0.4, 0.5) is 10.1 Å². The Balaban J connectivity index is 2.15. The number of carbonyl (C=O) groups excluding carboxylic acids is 1. The molecule has 1 aromatic rings. The molecule has 1 fully saturated rings. The fourth-order valence-electron chi connectivity index (χ4n) is 2.72. The molecular weight excluding hydrogens is 243 g/mol. The fraction of sp³-hybridized carbons (Fsp3) is 0.533. The molecule has 3 nitrogen and oxygen atoms in total. The number of amides is 1. The third-order valence-electron chi connectivity index (χ3n) is 3.83. The van der Waals surface area contributed by atoms with Gasteiger partial charge < -0.3 is 10.6 Å². The van der Waals surface area contributed by atoms with E-state index in [-0.39, 0.29) is 22.8 Å². The average molecular weight is 264 g/mol. The van der Waals surface area contributed by atoms with E-state index in [0.29, 0.717) is 6.54 Å². The molecule has 1 aromatic carbocycles. The summed E-state index contributed by atoms with van der Waals surface area (Å²) in [5.41, 5.74) is 0.741. The molecule has 0 spiro atoms. The van der Waals surface area contributed by atoms with Gasteiger partial charge in [0.25, 0.3) is 0 Å². The van der Waals surface area contributed by atoms with E-state index in [1.165, 1.54) is 6.07 Å². The molecule has 2 N–H and O–H groups in total. The molecule has 1 aliphatic heterocycles. The lowest BCUT2D eigenvalue weighted by Crippen LogP contribution is -2.38. The first-order valence-electron chi connectivity index (χ1n) is 6.86. The summed E-state index contributed by atoms with van der Waals surface area (Å²) in [6, 6.07) is 4.87. The zero-order valence-electron chi connectivity index (χ0n) is 11.6. The molecule has 0 saturated carbocycles. The number of benzene rings is 1. The summed E-state index contributed by atoms with van der Waals surface area (Å²) >= 11 is 0. The molecule has 1 aliphatic rings. The third-order valence-corrected chi connectivity index (χ3v) is 3.83. The summed E-state index contributed by atoms with van der Waals surface area (Å²) in [5.74, 6) is -0.437. The number of rotatable bonds is 4. The fourth-order valence-corrected chi connectivity index (χ4v) is 2.72. The Hall–Kier alpha value is -1.42. The van der Waals surface area contributed by atoms with Gasteiger partial charge in [-0.15, -0.1) is 0 Å². The van der Waals surface area contributed by atoms with Crippen LogP contribution < -0.4 is 10.6 Å². The first-order valence-corrected chi connectivity index (χ1v) is 6.86. The first-order chi connectivity index (χ1) is 9.07. The molecule has 1 amide bonds. The van der Waals surface area contributed by atoms with E-state index >= 15 is 0 Å². The van der Waals surface area contributed by atoms with Crippen LogP contribution in [0.2, 0.25) is 0 Å². The second-order valence-electron chi connectivity index (χ2n) is 5.39. The van der Waals surface area contributed by atoms with Crippen molar-refractivity contribution in [1.82, 2.24) is 5.32 Å². The zero-order valence-corrected chi connectivity index (χ0v) is 11.6. The minimum atomic E-state index is -0.383. The van der Waals surface area contributed by atoms with Crippen LogP contribution in [0.3, 0.4) is 0 Å². The highest BCUT2D eigenvalue weighted by Gasteiger charge is 2.40. The highest BCUT2D eigenvalue weighted by molar-refractivity contribution is 5.95. The number of aryl methyl sites for hydroxylation is 1. The van der Waals surface area contributed by atoms with Crippen molar-refractivity contribution in [1.29, 1.82) is 0 Å². The Morgan fingerprint density at radius 2 is 2.32 bits per heavy atom. The average Bonchev–Trinajstić information content (AvgIpc) is 2.83. The van der Waals surface area contributed by atoms with Gasteiger partial charge >= 0.3 is 0 Å². The van der Waals surface area contributed by atoms with Crippen molar-refractivity contribution in [2.75, 3.05) is 18.4 Å². The molecule has 0 bridgehead atoms. The smallest absolute Gasteiger partial charge is 0.232 e. The first kappa shape index (κ1) is 14.0. The summed E-state index contributed by atoms with van der Waals surface area (Å²) in [6.45, 7) is 5.43. The molecule has 0 aliphatic carbocycles. The number of carbonyl (C=O) groups is 1. The Morgan fingerprint density at radius 3 is 2.89 bits per heavy atom. The van der Waals surface area contributed by atoms with Gasteiger partial charge in [-0.2, -0.15) is 0 Å². The van der Waals surface area contributed by atoms with Gasteiger partial charge in [-0.3, -0.25) is 4.79 Å². The molecule has 4 heteroatoms. The monoisotopic (exact) mass is 264 g/mol. The summed E-state index contributed by atoms with van der Waals surface area (Å²) in [6.07, 6.45) is 2.60. The molecule has 1 atom stereocenters. The van der Waals surface area contributed by atoms with E-state index < -0.39 is 0 Å². The lowest BCUT2D eigenvalue weighted by atomic mass is 9.81. The summed E-state index contributed by atoms with van der Waals surface area (Å²) < 4.78 is 13.8. The van der Waals surface area contributed by atoms with Crippen molar-refractivity contribution < 1.29 is 9.18 Å². The van der Waals surface area contributed by atoms with Gasteiger partial charge in [-0.25, -0.2) is 4.39 Å². The van der Waals surface area contributed by atoms with E-state index in [1.54, 1.807) is 12.1 Å². The summed E-state index contributed by atoms with van der Waals surface area (Å²) in [4.78, 5) is 12.4. The highest BCUT2D eigenvalue weighted by Crippen LogP contribution is 2.33. The van der Waals surface area contributed by atoms with Gasteiger partial charge in [0.15, 0.2) is 0 Å². The Bertz CT molecular complexity index is 467. The SMILES string of the molecule is CCCC1(C(=O)Nc2ccc(C)cc2F)CCNC1. The lowest BCUT2D eigenvalue weighted by Gasteiger charge is -2.26. The van der Waals surface area contributed by atoms with Crippen molar-refractivity contribution in [2.24, 2.45) is 5.41 Å². The van der Waals surface area contributed by atoms with Gasteiger partial charge in [0.2, 0.25) is 5.91 Å². The van der Waals surface area contributed by atoms with Crippen LogP contribution in [-0.2, 0) is 4.79 Å². The van der Waals surface area contributed by atoms with E-state index in [1.807, 2.05) is 6.92 Å². The quantitative estimate of drug-likeness (QED) is 0.878. The summed E-state index contributed by atoms with van der Waals surface area (Å²) in [7, 11) is 0. The minimum absolute atomic E-state index is 0.0675. The molecule has 1 unspecified atom stereocenters. The van der Waals surface area contributed by atoms with E-state index in [0.717, 1.165) is 31.4 Å². The number of nitrogens with one attached hydrogen (secondary N) is 2. The normalized spacial score (nSPS) is 22.5. The van der Waals surface area contributed by atoms with Crippen LogP contribution >= 0.6 is 0 Å². The maximum atomic E-state index is 13.8. The predicted octanol–water partition coefficient (Wildman–Crippen LogP) is 2.85. The lowest BCUT2D eigenvalue weighted by molar-refractivity contribution is -0.125. The van der Waals surface area contributed by atoms with Gasteiger partial charge in [-0.05, 0) is 44.0 Å². The molecule has 0 radical (unpaired) electrons. The van der Waals surface area contributed by atoms with Crippen LogP contribution in [0.15, 0.2) is 18.2 Å². The van der Waals surface area contributed by atoms with Crippen molar-refractivity contribution in [3.63, 3.8) is 0 Å². The standard InChI is InChI=1S/C15H21FN2O/c1-3-6-15(7-8-17-10-15)14(19)18-13-5-4-11(2)9-12(13)16/h4-5,9,17H,3,6-8,10H2,1-2H3,(H,18,19). The van der Waals surface area contributed by atoms with Crippen molar-refractivity contribution in [2.45, 2.75) is 33.1 Å². The van der Waals surface area contributed by atoms with Gasteiger partial charge in [-0.1, -0.05) is 19.4 Å². The van der Waals surface area contributed by atoms with E-state index in [9.17, 15) is 9.18 Å². The maximum absolute atomic E-state index is 13.8. The molecular formula is C15H21FN2O. The molecule has 104 valence electrons. The largest absolute Gasteiger partial charge is 0.323 e. The van der Waals surface area contributed by atoms with E-state index in [4.69, 9.17) is 0 Å². The topological polar surface area (TPSA) is 41.1 Å². The number of hydrogen-bond donors (Lipinski definition) is 2. The molecule has 19 heavy (non-hydrogen) atoms. The van der Waals surface area contributed by atoms with E-state index in [2.05, 4.69) is 17.6 Å². The Labute approximate surface area is 113 Å². The maximum Gasteiger partial charge on any atom is 0.232 e. The van der Waals surface area contributed by atoms with Crippen LogP contribution in [0.5, 0.6) is 0 Å². The second-order valence-corrected chi connectivity index (χ2v) is 5.39. The second kappa shape index (κ2) is 5.70. The van der Waals surface area contributed by atoms with Crippen LogP contribution in [0.25, 0.3) is 0 Å². The summed E-state index contributed by atoms with van der Waals surface area (Å²) in [5, 5.41) is 5.98. The van der Waals surface area contributed by atoms with Gasteiger partial charge in [0.05, 0.1) is 11.1 Å². The zero-order chi connectivity index (χ0) is 13.9. The van der Waals surface area contributed by atoms with Crippen molar-refractivity contribution in [3.05, 3.63) is 29.6 Å². The molecule has 2 rings (SSSR count). The van der Waals surface area contributed by atoms with Crippen molar-refractivity contribution in [3.8, 4) is 0 Å². The minimum Gasteiger partial charge on any atom is -0.323 e. The van der Waals surface area contributed by atoms with Crippen LogP contribution in [-0.4, -0.2) is 19.0 Å². The highest BCUT2D eigenvalue weighted by atomic mass is 19.1. The van der Waals surface area contributed by atoms with Crippen LogP contribution in [0, 0.1) is 18.2 Å². The van der Waals surface area contributed by atoms with Crippen LogP contribution in [0.1, 0.15) is 31.7 Å². The Kier molecular flexibility index (Phi) is 4.20. The number of anilines is 1. The molecule has 1 heterocycles. The van der Waals surface area contributed by atoms with Gasteiger partial charge in [0, 0.05) is 6.54 Å². The number of hydrogen-bond acceptors (Lipinski definition) is 2. The number of halogens is 1.